The maximum Gasteiger partial charge on any atom is 0.224 e. The lowest BCUT2D eigenvalue weighted by atomic mass is 10.0. The van der Waals surface area contributed by atoms with Gasteiger partial charge < -0.3 is 10.4 Å². The summed E-state index contributed by atoms with van der Waals surface area (Å²) in [6, 6.07) is 0. The summed E-state index contributed by atoms with van der Waals surface area (Å²) in [6.07, 6.45) is 4.01. The average molecular weight is 307 g/mol. The van der Waals surface area contributed by atoms with Crippen LogP contribution in [0.3, 0.4) is 0 Å². The minimum Gasteiger partial charge on any atom is -0.388 e. The molecular weight excluding hydrogens is 278 g/mol. The highest BCUT2D eigenvalue weighted by Crippen LogP contribution is 2.28. The Morgan fingerprint density at radius 1 is 1.36 bits per heavy atom. The van der Waals surface area contributed by atoms with Crippen molar-refractivity contribution in [2.75, 3.05) is 6.54 Å². The molecule has 1 aliphatic rings. The Morgan fingerprint density at radius 2 is 2.00 bits per heavy atom. The van der Waals surface area contributed by atoms with E-state index in [9.17, 15) is 9.90 Å². The molecule has 22 heavy (non-hydrogen) atoms. The molecule has 1 heterocycles. The molecule has 0 atom stereocenters. The van der Waals surface area contributed by atoms with Gasteiger partial charge in [0.15, 0.2) is 0 Å². The quantitative estimate of drug-likeness (QED) is 0.846. The molecule has 1 aromatic heterocycles. The van der Waals surface area contributed by atoms with Crippen LogP contribution in [0.15, 0.2) is 0 Å². The van der Waals surface area contributed by atoms with Crippen molar-refractivity contribution < 1.29 is 9.90 Å². The Labute approximate surface area is 133 Å². The number of nitrogens with zero attached hydrogens (tertiary/aromatic N) is 2. The monoisotopic (exact) mass is 307 g/mol. The number of hydrogen-bond acceptors (Lipinski definition) is 3. The van der Waals surface area contributed by atoms with Gasteiger partial charge in [0, 0.05) is 24.3 Å². The molecule has 0 saturated heterocycles. The van der Waals surface area contributed by atoms with Crippen LogP contribution in [-0.4, -0.2) is 32.9 Å². The van der Waals surface area contributed by atoms with Crippen molar-refractivity contribution in [3.8, 4) is 0 Å². The first-order valence-electron chi connectivity index (χ1n) is 8.33. The zero-order valence-electron chi connectivity index (χ0n) is 14.3. The largest absolute Gasteiger partial charge is 0.388 e. The Morgan fingerprint density at radius 3 is 2.59 bits per heavy atom. The van der Waals surface area contributed by atoms with E-state index in [1.165, 1.54) is 0 Å². The predicted octanol–water partition coefficient (Wildman–Crippen LogP) is 2.12. The molecule has 2 N–H and O–H groups in total. The molecule has 0 aliphatic heterocycles. The van der Waals surface area contributed by atoms with Crippen molar-refractivity contribution in [1.82, 2.24) is 15.1 Å². The first-order chi connectivity index (χ1) is 10.3. The molecule has 5 heteroatoms. The summed E-state index contributed by atoms with van der Waals surface area (Å²) in [7, 11) is 0. The number of carbonyl (C=O) groups is 1. The number of hydrogen-bond donors (Lipinski definition) is 2. The van der Waals surface area contributed by atoms with Crippen LogP contribution in [0.5, 0.6) is 0 Å². The van der Waals surface area contributed by atoms with Crippen LogP contribution in [0, 0.1) is 19.8 Å². The van der Waals surface area contributed by atoms with E-state index in [2.05, 4.69) is 24.3 Å². The number of carbonyl (C=O) groups excluding carboxylic acids is 1. The van der Waals surface area contributed by atoms with E-state index >= 15 is 0 Å². The minimum absolute atomic E-state index is 0.0318. The lowest BCUT2D eigenvalue weighted by Crippen LogP contribution is -2.41. The van der Waals surface area contributed by atoms with Gasteiger partial charge in [0.05, 0.1) is 17.7 Å². The van der Waals surface area contributed by atoms with Crippen LogP contribution >= 0.6 is 0 Å². The van der Waals surface area contributed by atoms with Gasteiger partial charge in [-0.15, -0.1) is 0 Å². The highest BCUT2D eigenvalue weighted by atomic mass is 16.3. The zero-order valence-corrected chi connectivity index (χ0v) is 14.3. The summed E-state index contributed by atoms with van der Waals surface area (Å²) in [5.74, 6) is 0.493. The molecule has 1 aliphatic carbocycles. The van der Waals surface area contributed by atoms with Gasteiger partial charge in [0.25, 0.3) is 0 Å². The summed E-state index contributed by atoms with van der Waals surface area (Å²) < 4.78 is 1.99. The fourth-order valence-corrected chi connectivity index (χ4v) is 3.21. The van der Waals surface area contributed by atoms with E-state index in [0.29, 0.717) is 18.9 Å². The summed E-state index contributed by atoms with van der Waals surface area (Å²) in [6.45, 7) is 9.53. The number of rotatable bonds is 6. The van der Waals surface area contributed by atoms with E-state index in [-0.39, 0.29) is 5.91 Å². The molecule has 0 unspecified atom stereocenters. The second kappa shape index (κ2) is 6.82. The van der Waals surface area contributed by atoms with Gasteiger partial charge in [-0.25, -0.2) is 0 Å². The molecule has 0 aromatic carbocycles. The zero-order chi connectivity index (χ0) is 16.3. The highest BCUT2D eigenvalue weighted by molar-refractivity contribution is 5.79. The van der Waals surface area contributed by atoms with Gasteiger partial charge in [-0.2, -0.15) is 5.10 Å². The number of nitrogens with one attached hydrogen (secondary N) is 1. The van der Waals surface area contributed by atoms with E-state index in [1.54, 1.807) is 0 Å². The fourth-order valence-electron chi connectivity index (χ4n) is 3.21. The molecule has 1 amide bonds. The maximum absolute atomic E-state index is 12.2. The summed E-state index contributed by atoms with van der Waals surface area (Å²) in [5, 5.41) is 17.7. The fraction of sp³-hybridized carbons (Fsp3) is 0.765. The van der Waals surface area contributed by atoms with Crippen LogP contribution in [0.4, 0.5) is 0 Å². The van der Waals surface area contributed by atoms with Crippen LogP contribution < -0.4 is 5.32 Å². The normalized spacial score (nSPS) is 17.2. The van der Waals surface area contributed by atoms with Crippen molar-refractivity contribution in [3.05, 3.63) is 17.0 Å². The molecular formula is C17H29N3O2. The Kier molecular flexibility index (Phi) is 5.27. The maximum atomic E-state index is 12.2. The average Bonchev–Trinajstić information content (AvgIpc) is 2.97. The smallest absolute Gasteiger partial charge is 0.224 e. The van der Waals surface area contributed by atoms with Gasteiger partial charge in [-0.3, -0.25) is 9.48 Å². The van der Waals surface area contributed by atoms with Crippen LogP contribution in [0.1, 0.15) is 56.5 Å². The topological polar surface area (TPSA) is 67.2 Å². The molecule has 0 bridgehead atoms. The minimum atomic E-state index is -0.693. The lowest BCUT2D eigenvalue weighted by Gasteiger charge is -2.22. The number of amides is 1. The van der Waals surface area contributed by atoms with Gasteiger partial charge in [-0.05, 0) is 32.6 Å². The SMILES string of the molecule is Cc1nn(CC(C)C)c(C)c1CC(=O)NCC1(O)CCCC1. The first kappa shape index (κ1) is 17.0. The van der Waals surface area contributed by atoms with Crippen molar-refractivity contribution in [2.45, 2.75) is 71.9 Å². The first-order valence-corrected chi connectivity index (χ1v) is 8.33. The summed E-state index contributed by atoms with van der Waals surface area (Å²) >= 11 is 0. The summed E-state index contributed by atoms with van der Waals surface area (Å²) in [5.41, 5.74) is 2.31. The van der Waals surface area contributed by atoms with Crippen LogP contribution in [0.2, 0.25) is 0 Å². The Bertz CT molecular complexity index is 528. The second-order valence-electron chi connectivity index (χ2n) is 7.11. The standard InChI is InChI=1S/C17H29N3O2/c1-12(2)10-20-14(4)15(13(3)19-20)9-16(21)18-11-17(22)7-5-6-8-17/h12,22H,5-11H2,1-4H3,(H,18,21). The van der Waals surface area contributed by atoms with Crippen molar-refractivity contribution in [3.63, 3.8) is 0 Å². The summed E-state index contributed by atoms with van der Waals surface area (Å²) in [4.78, 5) is 12.2. The lowest BCUT2D eigenvalue weighted by molar-refractivity contribution is -0.121. The molecule has 0 spiro atoms. The second-order valence-corrected chi connectivity index (χ2v) is 7.11. The van der Waals surface area contributed by atoms with Crippen molar-refractivity contribution in [1.29, 1.82) is 0 Å². The molecule has 0 radical (unpaired) electrons. The van der Waals surface area contributed by atoms with Crippen molar-refractivity contribution >= 4 is 5.91 Å². The van der Waals surface area contributed by atoms with E-state index in [0.717, 1.165) is 49.2 Å². The molecule has 1 fully saturated rings. The van der Waals surface area contributed by atoms with Crippen LogP contribution in [0.25, 0.3) is 0 Å². The van der Waals surface area contributed by atoms with Gasteiger partial charge in [0.2, 0.25) is 5.91 Å². The van der Waals surface area contributed by atoms with Gasteiger partial charge in [-0.1, -0.05) is 26.7 Å². The van der Waals surface area contributed by atoms with E-state index < -0.39 is 5.60 Å². The predicted molar refractivity (Wildman–Crippen MR) is 86.7 cm³/mol. The molecule has 5 nitrogen and oxygen atoms in total. The number of aromatic nitrogens is 2. The van der Waals surface area contributed by atoms with E-state index in [1.807, 2.05) is 18.5 Å². The third-order valence-electron chi connectivity index (χ3n) is 4.56. The number of aliphatic hydroxyl groups is 1. The van der Waals surface area contributed by atoms with Crippen LogP contribution in [-0.2, 0) is 17.8 Å². The van der Waals surface area contributed by atoms with Gasteiger partial charge in [0.1, 0.15) is 0 Å². The molecule has 1 saturated carbocycles. The van der Waals surface area contributed by atoms with Gasteiger partial charge >= 0.3 is 0 Å². The molecule has 2 rings (SSSR count). The van der Waals surface area contributed by atoms with Crippen molar-refractivity contribution in [2.24, 2.45) is 5.92 Å². The molecule has 124 valence electrons. The molecule has 1 aromatic rings. The Hall–Kier alpha value is -1.36. The Balaban J connectivity index is 1.95. The highest BCUT2D eigenvalue weighted by Gasteiger charge is 2.31. The third-order valence-corrected chi connectivity index (χ3v) is 4.56. The third kappa shape index (κ3) is 4.09. The number of aryl methyl sites for hydroxylation is 1. The van der Waals surface area contributed by atoms with E-state index in [4.69, 9.17) is 0 Å².